The lowest BCUT2D eigenvalue weighted by Crippen LogP contribution is -2.39. The summed E-state index contributed by atoms with van der Waals surface area (Å²) in [5, 5.41) is 9.36. The van der Waals surface area contributed by atoms with Crippen molar-refractivity contribution in [2.24, 2.45) is 0 Å². The molecule has 0 saturated heterocycles. The fourth-order valence-electron chi connectivity index (χ4n) is 1.31. The zero-order valence-corrected chi connectivity index (χ0v) is 13.8. The molecule has 0 aliphatic carbocycles. The molecule has 0 radical (unpaired) electrons. The molecule has 0 atom stereocenters. The summed E-state index contributed by atoms with van der Waals surface area (Å²) >= 11 is 10.9. The van der Waals surface area contributed by atoms with E-state index in [-0.39, 0.29) is 0 Å². The predicted octanol–water partition coefficient (Wildman–Crippen LogP) is 2.55. The van der Waals surface area contributed by atoms with Crippen molar-refractivity contribution in [1.29, 1.82) is 0 Å². The van der Waals surface area contributed by atoms with Gasteiger partial charge in [-0.25, -0.2) is 9.78 Å². The van der Waals surface area contributed by atoms with Crippen molar-refractivity contribution in [3.8, 4) is 0 Å². The number of thiocarbonyl (C=S) groups is 1. The van der Waals surface area contributed by atoms with Crippen LogP contribution in [0.5, 0.6) is 0 Å². The Morgan fingerprint density at radius 1 is 1.38 bits per heavy atom. The predicted molar refractivity (Wildman–Crippen MR) is 87.7 cm³/mol. The van der Waals surface area contributed by atoms with Crippen LogP contribution in [-0.4, -0.2) is 34.9 Å². The van der Waals surface area contributed by atoms with Gasteiger partial charge in [0.15, 0.2) is 5.11 Å². The Balaban J connectivity index is 2.21. The van der Waals surface area contributed by atoms with Crippen molar-refractivity contribution >= 4 is 40.7 Å². The Bertz CT molecular complexity index is 505. The van der Waals surface area contributed by atoms with Crippen LogP contribution in [0.1, 0.15) is 20.8 Å². The number of anilines is 1. The molecule has 1 heterocycles. The van der Waals surface area contributed by atoms with Crippen LogP contribution in [0.2, 0.25) is 5.15 Å². The largest absolute Gasteiger partial charge is 0.444 e. The first-order valence-corrected chi connectivity index (χ1v) is 7.18. The van der Waals surface area contributed by atoms with E-state index in [1.54, 1.807) is 18.3 Å². The van der Waals surface area contributed by atoms with E-state index < -0.39 is 11.7 Å². The van der Waals surface area contributed by atoms with E-state index in [0.717, 1.165) is 5.69 Å². The maximum absolute atomic E-state index is 11.4. The number of rotatable bonds is 4. The summed E-state index contributed by atoms with van der Waals surface area (Å²) in [6.07, 6.45) is 1.13. The molecule has 0 bridgehead atoms. The van der Waals surface area contributed by atoms with Crippen molar-refractivity contribution in [3.05, 3.63) is 23.5 Å². The highest BCUT2D eigenvalue weighted by Crippen LogP contribution is 2.11. The second kappa shape index (κ2) is 7.99. The summed E-state index contributed by atoms with van der Waals surface area (Å²) in [7, 11) is 0. The topological polar surface area (TPSA) is 75.3 Å². The molecule has 0 aromatic carbocycles. The fourth-order valence-corrected chi connectivity index (χ4v) is 1.70. The molecule has 21 heavy (non-hydrogen) atoms. The molecule has 0 spiro atoms. The minimum absolute atomic E-state index is 0.384. The van der Waals surface area contributed by atoms with Crippen LogP contribution in [0.4, 0.5) is 10.5 Å². The number of hydrogen-bond acceptors (Lipinski definition) is 4. The number of carbonyl (C=O) groups is 1. The molecule has 1 rings (SSSR count). The third-order valence-corrected chi connectivity index (χ3v) is 2.52. The second-order valence-electron chi connectivity index (χ2n) is 5.18. The molecule has 1 aromatic rings. The highest BCUT2D eigenvalue weighted by Gasteiger charge is 2.15. The minimum Gasteiger partial charge on any atom is -0.444 e. The summed E-state index contributed by atoms with van der Waals surface area (Å²) in [6.45, 7) is 6.30. The number of pyridine rings is 1. The minimum atomic E-state index is -0.505. The number of alkyl carbamates (subject to hydrolysis) is 1. The van der Waals surface area contributed by atoms with Gasteiger partial charge in [-0.1, -0.05) is 11.6 Å². The second-order valence-corrected chi connectivity index (χ2v) is 5.97. The first kappa shape index (κ1) is 17.5. The smallest absolute Gasteiger partial charge is 0.407 e. The van der Waals surface area contributed by atoms with Crippen LogP contribution in [0.3, 0.4) is 0 Å². The quantitative estimate of drug-likeness (QED) is 0.447. The number of carbonyl (C=O) groups excluding carboxylic acids is 1. The van der Waals surface area contributed by atoms with Gasteiger partial charge in [-0.2, -0.15) is 0 Å². The van der Waals surface area contributed by atoms with Crippen molar-refractivity contribution < 1.29 is 9.53 Å². The molecule has 6 nitrogen and oxygen atoms in total. The lowest BCUT2D eigenvalue weighted by Gasteiger charge is -2.19. The first-order chi connectivity index (χ1) is 9.76. The third-order valence-electron chi connectivity index (χ3n) is 2.06. The summed E-state index contributed by atoms with van der Waals surface area (Å²) in [5.74, 6) is 0. The molecule has 0 unspecified atom stereocenters. The Morgan fingerprint density at radius 3 is 2.67 bits per heavy atom. The van der Waals surface area contributed by atoms with Crippen molar-refractivity contribution in [3.63, 3.8) is 0 Å². The van der Waals surface area contributed by atoms with Gasteiger partial charge < -0.3 is 20.7 Å². The van der Waals surface area contributed by atoms with Gasteiger partial charge >= 0.3 is 6.09 Å². The van der Waals surface area contributed by atoms with E-state index in [1.165, 1.54) is 0 Å². The van der Waals surface area contributed by atoms with Gasteiger partial charge in [0.05, 0.1) is 0 Å². The average Bonchev–Trinajstić information content (AvgIpc) is 2.32. The molecule has 0 aliphatic rings. The van der Waals surface area contributed by atoms with E-state index in [2.05, 4.69) is 20.9 Å². The molecule has 8 heteroatoms. The van der Waals surface area contributed by atoms with Gasteiger partial charge in [0.25, 0.3) is 0 Å². The van der Waals surface area contributed by atoms with Gasteiger partial charge in [-0.3, -0.25) is 0 Å². The lowest BCUT2D eigenvalue weighted by atomic mass is 10.2. The van der Waals surface area contributed by atoms with Crippen molar-refractivity contribution in [2.45, 2.75) is 26.4 Å². The SMILES string of the molecule is CC(C)(C)OC(=O)NCCNC(=S)Nc1ccnc(Cl)c1. The highest BCUT2D eigenvalue weighted by atomic mass is 35.5. The van der Waals surface area contributed by atoms with E-state index in [4.69, 9.17) is 28.6 Å². The van der Waals surface area contributed by atoms with Crippen LogP contribution in [-0.2, 0) is 4.74 Å². The molecule has 0 fully saturated rings. The molecule has 116 valence electrons. The number of aromatic nitrogens is 1. The number of amides is 1. The molecule has 3 N–H and O–H groups in total. The van der Waals surface area contributed by atoms with Gasteiger partial charge in [0.2, 0.25) is 0 Å². The Kier molecular flexibility index (Phi) is 6.64. The molecule has 1 amide bonds. The molecule has 0 aliphatic heterocycles. The van der Waals surface area contributed by atoms with Gasteiger partial charge in [0, 0.05) is 25.0 Å². The summed E-state index contributed by atoms with van der Waals surface area (Å²) in [5.41, 5.74) is 0.238. The maximum Gasteiger partial charge on any atom is 0.407 e. The summed E-state index contributed by atoms with van der Waals surface area (Å²) < 4.78 is 5.11. The average molecular weight is 331 g/mol. The van der Waals surface area contributed by atoms with E-state index >= 15 is 0 Å². The van der Waals surface area contributed by atoms with E-state index in [0.29, 0.717) is 23.4 Å². The number of nitrogens with one attached hydrogen (secondary N) is 3. The number of halogens is 1. The lowest BCUT2D eigenvalue weighted by molar-refractivity contribution is 0.0529. The van der Waals surface area contributed by atoms with Crippen LogP contribution < -0.4 is 16.0 Å². The Labute approximate surface area is 134 Å². The third kappa shape index (κ3) is 8.31. The zero-order valence-electron chi connectivity index (χ0n) is 12.2. The van der Waals surface area contributed by atoms with Gasteiger partial charge in [0.1, 0.15) is 10.8 Å². The van der Waals surface area contributed by atoms with Crippen molar-refractivity contribution in [2.75, 3.05) is 18.4 Å². The normalized spacial score (nSPS) is 10.7. The number of ether oxygens (including phenoxy) is 1. The first-order valence-electron chi connectivity index (χ1n) is 6.39. The fraction of sp³-hybridized carbons (Fsp3) is 0.462. The molecular formula is C13H19ClN4O2S. The van der Waals surface area contributed by atoms with Gasteiger partial charge in [-0.05, 0) is 45.1 Å². The molecule has 1 aromatic heterocycles. The monoisotopic (exact) mass is 330 g/mol. The standard InChI is InChI=1S/C13H19ClN4O2S/c1-13(2,3)20-12(19)17-7-6-16-11(21)18-9-4-5-15-10(14)8-9/h4-5,8H,6-7H2,1-3H3,(H,17,19)(H2,15,16,18,21). The number of hydrogen-bond donors (Lipinski definition) is 3. The van der Waals surface area contributed by atoms with Gasteiger partial charge in [-0.15, -0.1) is 0 Å². The summed E-state index contributed by atoms with van der Waals surface area (Å²) in [6, 6.07) is 3.41. The van der Waals surface area contributed by atoms with E-state index in [1.807, 2.05) is 20.8 Å². The highest BCUT2D eigenvalue weighted by molar-refractivity contribution is 7.80. The Morgan fingerprint density at radius 2 is 2.05 bits per heavy atom. The maximum atomic E-state index is 11.4. The summed E-state index contributed by atoms with van der Waals surface area (Å²) in [4.78, 5) is 15.3. The van der Waals surface area contributed by atoms with Crippen LogP contribution in [0.15, 0.2) is 18.3 Å². The van der Waals surface area contributed by atoms with Crippen molar-refractivity contribution in [1.82, 2.24) is 15.6 Å². The van der Waals surface area contributed by atoms with Crippen LogP contribution >= 0.6 is 23.8 Å². The molecule has 0 saturated carbocycles. The van der Waals surface area contributed by atoms with Crippen LogP contribution in [0.25, 0.3) is 0 Å². The number of nitrogens with zero attached hydrogens (tertiary/aromatic N) is 1. The van der Waals surface area contributed by atoms with Crippen LogP contribution in [0, 0.1) is 0 Å². The Hall–Kier alpha value is -1.60. The zero-order chi connectivity index (χ0) is 15.9. The molecular weight excluding hydrogens is 312 g/mol. The van der Waals surface area contributed by atoms with E-state index in [9.17, 15) is 4.79 Å².